The van der Waals surface area contributed by atoms with Crippen molar-refractivity contribution in [1.82, 2.24) is 15.2 Å². The normalized spacial score (nSPS) is 15.0. The molecule has 180 valence electrons. The van der Waals surface area contributed by atoms with Crippen LogP contribution in [0.3, 0.4) is 0 Å². The van der Waals surface area contributed by atoms with Gasteiger partial charge in [-0.3, -0.25) is 14.5 Å². The number of benzene rings is 2. The number of aromatic amines is 1. The van der Waals surface area contributed by atoms with E-state index in [4.69, 9.17) is 11.6 Å². The number of carbonyl (C=O) groups is 1. The Bertz CT molecular complexity index is 1240. The quantitative estimate of drug-likeness (QED) is 0.507. The number of alkyl halides is 3. The zero-order chi connectivity index (χ0) is 24.3. The largest absolute Gasteiger partial charge is 0.416 e. The number of amides is 1. The number of pyridine rings is 1. The molecule has 1 aliphatic rings. The maximum atomic E-state index is 13.0. The monoisotopic (exact) mass is 492 g/mol. The molecule has 0 radical (unpaired) electrons. The van der Waals surface area contributed by atoms with E-state index in [0.29, 0.717) is 47.7 Å². The van der Waals surface area contributed by atoms with Gasteiger partial charge in [-0.2, -0.15) is 13.2 Å². The Morgan fingerprint density at radius 2 is 1.82 bits per heavy atom. The number of carbonyl (C=O) groups excluding carboxylic acids is 1. The van der Waals surface area contributed by atoms with Crippen LogP contribution in [-0.2, 0) is 6.18 Å². The number of piperazine rings is 1. The first-order valence-electron chi connectivity index (χ1n) is 11.0. The lowest BCUT2D eigenvalue weighted by Crippen LogP contribution is -2.47. The van der Waals surface area contributed by atoms with E-state index in [1.165, 1.54) is 18.2 Å². The maximum absolute atomic E-state index is 13.0. The summed E-state index contributed by atoms with van der Waals surface area (Å²) in [6.07, 6.45) is -3.64. The van der Waals surface area contributed by atoms with Crippen molar-refractivity contribution < 1.29 is 18.0 Å². The van der Waals surface area contributed by atoms with Crippen LogP contribution < -0.4 is 15.6 Å². The number of rotatable bonds is 6. The highest BCUT2D eigenvalue weighted by atomic mass is 35.5. The molecule has 0 bridgehead atoms. The highest BCUT2D eigenvalue weighted by Crippen LogP contribution is 2.31. The van der Waals surface area contributed by atoms with Gasteiger partial charge >= 0.3 is 6.18 Å². The van der Waals surface area contributed by atoms with Crippen LogP contribution in [0.5, 0.6) is 0 Å². The van der Waals surface area contributed by atoms with Crippen LogP contribution >= 0.6 is 11.6 Å². The minimum absolute atomic E-state index is 0.189. The van der Waals surface area contributed by atoms with E-state index in [2.05, 4.69) is 15.2 Å². The molecule has 2 N–H and O–H groups in total. The predicted octanol–water partition coefficient (Wildman–Crippen LogP) is 4.14. The van der Waals surface area contributed by atoms with Gasteiger partial charge in [0.25, 0.3) is 5.91 Å². The Hall–Kier alpha value is -3.04. The first-order chi connectivity index (χ1) is 16.2. The van der Waals surface area contributed by atoms with Crippen molar-refractivity contribution in [3.8, 4) is 0 Å². The summed E-state index contributed by atoms with van der Waals surface area (Å²) in [5.74, 6) is -0.358. The summed E-state index contributed by atoms with van der Waals surface area (Å²) in [5, 5.41) is 3.69. The Balaban J connectivity index is 1.23. The highest BCUT2D eigenvalue weighted by Gasteiger charge is 2.31. The molecule has 2 aromatic carbocycles. The molecule has 3 aromatic rings. The van der Waals surface area contributed by atoms with Gasteiger partial charge in [-0.05, 0) is 49.4 Å². The average Bonchev–Trinajstić information content (AvgIpc) is 2.82. The average molecular weight is 493 g/mol. The van der Waals surface area contributed by atoms with Crippen LogP contribution in [0.1, 0.15) is 22.5 Å². The van der Waals surface area contributed by atoms with Gasteiger partial charge < -0.3 is 15.2 Å². The summed E-state index contributed by atoms with van der Waals surface area (Å²) in [7, 11) is 0. The zero-order valence-electron chi connectivity index (χ0n) is 18.3. The van der Waals surface area contributed by atoms with Crippen LogP contribution in [0.2, 0.25) is 5.02 Å². The number of hydrogen-bond donors (Lipinski definition) is 2. The third-order valence-corrected chi connectivity index (χ3v) is 6.12. The second-order valence-electron chi connectivity index (χ2n) is 8.22. The Kier molecular flexibility index (Phi) is 7.13. The molecular weight excluding hydrogens is 469 g/mol. The van der Waals surface area contributed by atoms with E-state index in [-0.39, 0.29) is 17.0 Å². The first kappa shape index (κ1) is 24.1. The van der Waals surface area contributed by atoms with Gasteiger partial charge in [0.1, 0.15) is 5.69 Å². The number of fused-ring (bicyclic) bond motifs is 1. The van der Waals surface area contributed by atoms with Crippen molar-refractivity contribution in [3.05, 3.63) is 75.0 Å². The topological polar surface area (TPSA) is 68.4 Å². The summed E-state index contributed by atoms with van der Waals surface area (Å²) < 4.78 is 38.9. The van der Waals surface area contributed by atoms with Crippen molar-refractivity contribution in [2.75, 3.05) is 44.2 Å². The lowest BCUT2D eigenvalue weighted by molar-refractivity contribution is -0.137. The predicted molar refractivity (Wildman–Crippen MR) is 127 cm³/mol. The first-order valence-corrected chi connectivity index (χ1v) is 11.3. The summed E-state index contributed by atoms with van der Waals surface area (Å²) in [6.45, 7) is 3.92. The third kappa shape index (κ3) is 5.71. The summed E-state index contributed by atoms with van der Waals surface area (Å²) >= 11 is 5.92. The molecule has 0 aliphatic carbocycles. The van der Waals surface area contributed by atoms with Crippen molar-refractivity contribution in [3.63, 3.8) is 0 Å². The molecule has 4 rings (SSSR count). The van der Waals surface area contributed by atoms with E-state index >= 15 is 0 Å². The minimum atomic E-state index is -4.35. The Morgan fingerprint density at radius 3 is 2.56 bits per heavy atom. The molecule has 10 heteroatoms. The smallest absolute Gasteiger partial charge is 0.369 e. The lowest BCUT2D eigenvalue weighted by Gasteiger charge is -2.36. The fourth-order valence-corrected chi connectivity index (χ4v) is 4.22. The van der Waals surface area contributed by atoms with E-state index in [1.807, 2.05) is 4.90 Å². The third-order valence-electron chi connectivity index (χ3n) is 5.88. The van der Waals surface area contributed by atoms with Gasteiger partial charge in [0.2, 0.25) is 0 Å². The van der Waals surface area contributed by atoms with Gasteiger partial charge in [0.05, 0.1) is 5.56 Å². The van der Waals surface area contributed by atoms with Gasteiger partial charge in [-0.25, -0.2) is 0 Å². The molecule has 0 atom stereocenters. The van der Waals surface area contributed by atoms with Gasteiger partial charge in [-0.15, -0.1) is 0 Å². The molecule has 0 unspecified atom stereocenters. The van der Waals surface area contributed by atoms with Gasteiger partial charge in [0.15, 0.2) is 5.43 Å². The van der Waals surface area contributed by atoms with Crippen LogP contribution in [0, 0.1) is 0 Å². The van der Waals surface area contributed by atoms with Crippen LogP contribution in [0.25, 0.3) is 10.9 Å². The molecule has 1 amide bonds. The molecular formula is C24H24ClF3N4O2. The summed E-state index contributed by atoms with van der Waals surface area (Å²) in [6, 6.07) is 11.5. The van der Waals surface area contributed by atoms with Crippen LogP contribution in [0.4, 0.5) is 18.9 Å². The molecule has 1 saturated heterocycles. The maximum Gasteiger partial charge on any atom is 0.416 e. The van der Waals surface area contributed by atoms with E-state index < -0.39 is 11.7 Å². The SMILES string of the molecule is O=C(NCCCN1CCN(c2cccc(C(F)(F)F)c2)CC1)c1cc(=O)c2cc(Cl)ccc2[nH]1. The Morgan fingerprint density at radius 1 is 1.06 bits per heavy atom. The van der Waals surface area contributed by atoms with Crippen molar-refractivity contribution in [1.29, 1.82) is 0 Å². The standard InChI is InChI=1S/C24H24ClF3N4O2/c25-17-5-6-20-19(14-17)22(33)15-21(30-20)23(34)29-7-2-8-31-9-11-32(12-10-31)18-4-1-3-16(13-18)24(26,27)28/h1,3-6,13-15H,2,7-12H2,(H,29,34)(H,30,33). The number of nitrogens with zero attached hydrogens (tertiary/aromatic N) is 2. The number of aromatic nitrogens is 1. The second kappa shape index (κ2) is 10.1. The Labute approximate surface area is 199 Å². The van der Waals surface area contributed by atoms with Crippen molar-refractivity contribution >= 4 is 34.1 Å². The number of hydrogen-bond acceptors (Lipinski definition) is 4. The molecule has 0 saturated carbocycles. The molecule has 1 aliphatic heterocycles. The number of H-pyrrole nitrogens is 1. The summed E-state index contributed by atoms with van der Waals surface area (Å²) in [5.41, 5.74) is 0.392. The number of halogens is 4. The minimum Gasteiger partial charge on any atom is -0.369 e. The van der Waals surface area contributed by atoms with Crippen molar-refractivity contribution in [2.24, 2.45) is 0 Å². The summed E-state index contributed by atoms with van der Waals surface area (Å²) in [4.78, 5) is 31.9. The zero-order valence-corrected chi connectivity index (χ0v) is 19.0. The molecule has 6 nitrogen and oxygen atoms in total. The van der Waals surface area contributed by atoms with Gasteiger partial charge in [-0.1, -0.05) is 17.7 Å². The second-order valence-corrected chi connectivity index (χ2v) is 8.66. The molecule has 34 heavy (non-hydrogen) atoms. The van der Waals surface area contributed by atoms with Crippen LogP contribution in [-0.4, -0.2) is 55.1 Å². The van der Waals surface area contributed by atoms with E-state index in [9.17, 15) is 22.8 Å². The van der Waals surface area contributed by atoms with Gasteiger partial charge in [0, 0.05) is 60.4 Å². The molecule has 0 spiro atoms. The van der Waals surface area contributed by atoms with E-state index in [1.54, 1.807) is 24.3 Å². The lowest BCUT2D eigenvalue weighted by atomic mass is 10.1. The number of nitrogens with one attached hydrogen (secondary N) is 2. The fourth-order valence-electron chi connectivity index (χ4n) is 4.05. The molecule has 1 aromatic heterocycles. The van der Waals surface area contributed by atoms with Crippen LogP contribution in [0.15, 0.2) is 53.3 Å². The molecule has 2 heterocycles. The number of anilines is 1. The highest BCUT2D eigenvalue weighted by molar-refractivity contribution is 6.31. The van der Waals surface area contributed by atoms with Crippen molar-refractivity contribution in [2.45, 2.75) is 12.6 Å². The fraction of sp³-hybridized carbons (Fsp3) is 0.333. The molecule has 1 fully saturated rings. The van der Waals surface area contributed by atoms with E-state index in [0.717, 1.165) is 25.7 Å².